The predicted molar refractivity (Wildman–Crippen MR) is 52.8 cm³/mol. The Balaban J connectivity index is 2.28. The summed E-state index contributed by atoms with van der Waals surface area (Å²) in [6, 6.07) is 0.576. The van der Waals surface area contributed by atoms with Crippen molar-refractivity contribution in [1.82, 2.24) is 10.2 Å². The van der Waals surface area contributed by atoms with Gasteiger partial charge < -0.3 is 5.32 Å². The van der Waals surface area contributed by atoms with Crippen molar-refractivity contribution >= 4 is 10.8 Å². The van der Waals surface area contributed by atoms with Crippen LogP contribution in [0, 0.1) is 0 Å². The van der Waals surface area contributed by atoms with E-state index in [0.717, 1.165) is 31.1 Å². The molecule has 72 valence electrons. The molecule has 0 radical (unpaired) electrons. The molecule has 1 unspecified atom stereocenters. The molecule has 1 heterocycles. The number of hydrogen-bond donors (Lipinski definition) is 1. The number of rotatable bonds is 3. The van der Waals surface area contributed by atoms with E-state index in [1.54, 1.807) is 0 Å². The standard InChI is InChI=1S/C8H18N2OS/c1-8(7-9-2)10-3-5-12(11)6-4-10/h8-9H,3-7H2,1-2H3. The molecule has 3 nitrogen and oxygen atoms in total. The molecule has 1 saturated heterocycles. The SMILES string of the molecule is CNCC(C)N1CCS(=O)CC1. The van der Waals surface area contributed by atoms with E-state index in [1.165, 1.54) is 0 Å². The van der Waals surface area contributed by atoms with Gasteiger partial charge in [-0.2, -0.15) is 0 Å². The minimum atomic E-state index is -0.543. The van der Waals surface area contributed by atoms with Crippen molar-refractivity contribution in [2.24, 2.45) is 0 Å². The second-order valence-corrected chi connectivity index (χ2v) is 4.99. The molecule has 1 aliphatic rings. The van der Waals surface area contributed by atoms with E-state index in [9.17, 15) is 4.21 Å². The molecule has 1 fully saturated rings. The summed E-state index contributed by atoms with van der Waals surface area (Å²) in [7, 11) is 1.43. The van der Waals surface area contributed by atoms with Crippen molar-refractivity contribution in [3.8, 4) is 0 Å². The first-order valence-corrected chi connectivity index (χ1v) is 5.96. The molecule has 0 aliphatic carbocycles. The number of nitrogens with one attached hydrogen (secondary N) is 1. The zero-order chi connectivity index (χ0) is 8.97. The van der Waals surface area contributed by atoms with E-state index in [-0.39, 0.29) is 0 Å². The molecule has 1 N–H and O–H groups in total. The van der Waals surface area contributed by atoms with Crippen LogP contribution in [0.4, 0.5) is 0 Å². The maximum absolute atomic E-state index is 11.1. The maximum atomic E-state index is 11.1. The summed E-state index contributed by atoms with van der Waals surface area (Å²) in [6.45, 7) is 5.22. The monoisotopic (exact) mass is 190 g/mol. The zero-order valence-corrected chi connectivity index (χ0v) is 8.69. The highest BCUT2D eigenvalue weighted by Crippen LogP contribution is 2.04. The number of hydrogen-bond acceptors (Lipinski definition) is 3. The van der Waals surface area contributed by atoms with Gasteiger partial charge in [0.25, 0.3) is 0 Å². The van der Waals surface area contributed by atoms with E-state index in [0.29, 0.717) is 6.04 Å². The van der Waals surface area contributed by atoms with Gasteiger partial charge in [0.05, 0.1) is 0 Å². The topological polar surface area (TPSA) is 32.3 Å². The van der Waals surface area contributed by atoms with Crippen molar-refractivity contribution in [1.29, 1.82) is 0 Å². The first-order chi connectivity index (χ1) is 5.74. The molecule has 0 saturated carbocycles. The fourth-order valence-corrected chi connectivity index (χ4v) is 2.60. The lowest BCUT2D eigenvalue weighted by molar-refractivity contribution is 0.226. The van der Waals surface area contributed by atoms with Gasteiger partial charge in [0, 0.05) is 48.0 Å². The molecule has 1 atom stereocenters. The number of nitrogens with zero attached hydrogens (tertiary/aromatic N) is 1. The van der Waals surface area contributed by atoms with Crippen LogP contribution in [0.25, 0.3) is 0 Å². The van der Waals surface area contributed by atoms with Crippen LogP contribution in [0.3, 0.4) is 0 Å². The van der Waals surface area contributed by atoms with E-state index >= 15 is 0 Å². The maximum Gasteiger partial charge on any atom is 0.0363 e. The first-order valence-electron chi connectivity index (χ1n) is 4.47. The quantitative estimate of drug-likeness (QED) is 0.661. The van der Waals surface area contributed by atoms with Gasteiger partial charge in [-0.05, 0) is 14.0 Å². The van der Waals surface area contributed by atoms with E-state index in [4.69, 9.17) is 0 Å². The van der Waals surface area contributed by atoms with Crippen molar-refractivity contribution in [3.63, 3.8) is 0 Å². The lowest BCUT2D eigenvalue weighted by Gasteiger charge is -2.31. The van der Waals surface area contributed by atoms with Crippen molar-refractivity contribution < 1.29 is 4.21 Å². The van der Waals surface area contributed by atoms with Gasteiger partial charge in [-0.25, -0.2) is 0 Å². The summed E-state index contributed by atoms with van der Waals surface area (Å²) in [4.78, 5) is 2.40. The molecule has 0 amide bonds. The Hall–Kier alpha value is 0.0700. The number of likely N-dealkylation sites (N-methyl/N-ethyl adjacent to an activating group) is 1. The highest BCUT2D eigenvalue weighted by molar-refractivity contribution is 7.85. The van der Waals surface area contributed by atoms with Crippen LogP contribution in [0.2, 0.25) is 0 Å². The van der Waals surface area contributed by atoms with Crippen LogP contribution >= 0.6 is 0 Å². The smallest absolute Gasteiger partial charge is 0.0363 e. The average molecular weight is 190 g/mol. The highest BCUT2D eigenvalue weighted by atomic mass is 32.2. The van der Waals surface area contributed by atoms with Gasteiger partial charge in [0.15, 0.2) is 0 Å². The van der Waals surface area contributed by atoms with Crippen molar-refractivity contribution in [2.75, 3.05) is 38.2 Å². The predicted octanol–water partition coefficient (Wildman–Crippen LogP) is -0.341. The lowest BCUT2D eigenvalue weighted by Crippen LogP contribution is -2.46. The molecule has 4 heteroatoms. The van der Waals surface area contributed by atoms with E-state index in [1.807, 2.05) is 7.05 Å². The minimum Gasteiger partial charge on any atom is -0.318 e. The Morgan fingerprint density at radius 1 is 1.50 bits per heavy atom. The summed E-state index contributed by atoms with van der Waals surface area (Å²) in [5.74, 6) is 1.71. The van der Waals surface area contributed by atoms with Crippen molar-refractivity contribution in [2.45, 2.75) is 13.0 Å². The van der Waals surface area contributed by atoms with Gasteiger partial charge in [0.2, 0.25) is 0 Å². The molecule has 0 spiro atoms. The molecular weight excluding hydrogens is 172 g/mol. The Morgan fingerprint density at radius 2 is 2.08 bits per heavy atom. The second kappa shape index (κ2) is 4.94. The minimum absolute atomic E-state index is 0.543. The van der Waals surface area contributed by atoms with Gasteiger partial charge >= 0.3 is 0 Å². The highest BCUT2D eigenvalue weighted by Gasteiger charge is 2.18. The molecule has 12 heavy (non-hydrogen) atoms. The van der Waals surface area contributed by atoms with Crippen molar-refractivity contribution in [3.05, 3.63) is 0 Å². The molecule has 1 rings (SSSR count). The Labute approximate surface area is 77.0 Å². The first kappa shape index (κ1) is 10.2. The molecule has 0 aromatic carbocycles. The molecule has 0 bridgehead atoms. The Kier molecular flexibility index (Phi) is 4.18. The fourth-order valence-electron chi connectivity index (χ4n) is 1.52. The molecule has 0 aromatic heterocycles. The third kappa shape index (κ3) is 2.84. The third-order valence-corrected chi connectivity index (χ3v) is 3.61. The molecule has 0 aromatic rings. The Morgan fingerprint density at radius 3 is 2.58 bits per heavy atom. The largest absolute Gasteiger partial charge is 0.318 e. The van der Waals surface area contributed by atoms with Crippen LogP contribution in [0.1, 0.15) is 6.92 Å². The summed E-state index contributed by atoms with van der Waals surface area (Å²) < 4.78 is 11.1. The normalized spacial score (nSPS) is 24.2. The lowest BCUT2D eigenvalue weighted by atomic mass is 10.3. The summed E-state index contributed by atoms with van der Waals surface area (Å²) in [5.41, 5.74) is 0. The van der Waals surface area contributed by atoms with Gasteiger partial charge in [-0.1, -0.05) is 0 Å². The summed E-state index contributed by atoms with van der Waals surface area (Å²) in [5, 5.41) is 3.16. The van der Waals surface area contributed by atoms with Crippen LogP contribution in [0.15, 0.2) is 0 Å². The van der Waals surface area contributed by atoms with Crippen LogP contribution in [-0.4, -0.2) is 53.3 Å². The van der Waals surface area contributed by atoms with Gasteiger partial charge in [-0.3, -0.25) is 9.11 Å². The second-order valence-electron chi connectivity index (χ2n) is 3.29. The van der Waals surface area contributed by atoms with Gasteiger partial charge in [-0.15, -0.1) is 0 Å². The van der Waals surface area contributed by atoms with Gasteiger partial charge in [0.1, 0.15) is 0 Å². The summed E-state index contributed by atoms with van der Waals surface area (Å²) >= 11 is 0. The van der Waals surface area contributed by atoms with E-state index < -0.39 is 10.8 Å². The van der Waals surface area contributed by atoms with E-state index in [2.05, 4.69) is 17.1 Å². The molecule has 1 aliphatic heterocycles. The average Bonchev–Trinajstić information content (AvgIpc) is 2.06. The van der Waals surface area contributed by atoms with Crippen LogP contribution < -0.4 is 5.32 Å². The third-order valence-electron chi connectivity index (χ3n) is 2.34. The molecular formula is C8H18N2OS. The van der Waals surface area contributed by atoms with Crippen LogP contribution in [-0.2, 0) is 10.8 Å². The summed E-state index contributed by atoms with van der Waals surface area (Å²) in [6.07, 6.45) is 0. The van der Waals surface area contributed by atoms with Crippen LogP contribution in [0.5, 0.6) is 0 Å². The Bertz CT molecular complexity index is 153. The zero-order valence-electron chi connectivity index (χ0n) is 7.88. The fraction of sp³-hybridized carbons (Fsp3) is 1.00.